The molecular weight excluding hydrogens is 458 g/mol. The molecular formula is C25H27NO7S. The lowest BCUT2D eigenvalue weighted by atomic mass is 10.1. The Labute approximate surface area is 202 Å². The first kappa shape index (κ1) is 25.0. The van der Waals surface area contributed by atoms with E-state index in [1.165, 1.54) is 21.3 Å². The minimum Gasteiger partial charge on any atom is -0.506 e. The topological polar surface area (TPSA) is 95.8 Å². The third-order valence-electron chi connectivity index (χ3n) is 4.73. The van der Waals surface area contributed by atoms with E-state index in [0.29, 0.717) is 45.1 Å². The smallest absolute Gasteiger partial charge is 0.344 e. The Morgan fingerprint density at radius 2 is 1.65 bits per heavy atom. The Kier molecular flexibility index (Phi) is 8.48. The Balaban J connectivity index is 2.04. The SMILES string of the molecule is CCOC(=O)C1=C(O)/C(=C/c2cc(OC)c(OC)c(OC)c2)SC1=Nc1ccc(OCC)cc1. The molecule has 34 heavy (non-hydrogen) atoms. The van der Waals surface area contributed by atoms with E-state index in [-0.39, 0.29) is 17.9 Å². The largest absolute Gasteiger partial charge is 0.506 e. The van der Waals surface area contributed by atoms with Crippen molar-refractivity contribution < 1.29 is 33.6 Å². The van der Waals surface area contributed by atoms with Gasteiger partial charge in [-0.2, -0.15) is 0 Å². The first-order chi connectivity index (χ1) is 16.4. The molecule has 1 aliphatic heterocycles. The quantitative estimate of drug-likeness (QED) is 0.478. The molecule has 0 amide bonds. The van der Waals surface area contributed by atoms with Gasteiger partial charge in [0.25, 0.3) is 0 Å². The van der Waals surface area contributed by atoms with Crippen molar-refractivity contribution in [3.63, 3.8) is 0 Å². The van der Waals surface area contributed by atoms with Crippen LogP contribution < -0.4 is 18.9 Å². The van der Waals surface area contributed by atoms with Crippen LogP contribution >= 0.6 is 11.8 Å². The van der Waals surface area contributed by atoms with Crippen molar-refractivity contribution in [1.29, 1.82) is 0 Å². The molecule has 0 fully saturated rings. The summed E-state index contributed by atoms with van der Waals surface area (Å²) in [6, 6.07) is 10.6. The zero-order valence-electron chi connectivity index (χ0n) is 19.7. The fourth-order valence-corrected chi connectivity index (χ4v) is 4.26. The Bertz CT molecular complexity index is 1110. The molecule has 180 valence electrons. The molecule has 1 heterocycles. The average Bonchev–Trinajstić information content (AvgIpc) is 3.14. The van der Waals surface area contributed by atoms with Crippen molar-refractivity contribution in [1.82, 2.24) is 0 Å². The highest BCUT2D eigenvalue weighted by molar-refractivity contribution is 8.18. The van der Waals surface area contributed by atoms with Gasteiger partial charge >= 0.3 is 5.97 Å². The fraction of sp³-hybridized carbons (Fsp3) is 0.280. The average molecular weight is 486 g/mol. The number of aliphatic hydroxyl groups is 1. The summed E-state index contributed by atoms with van der Waals surface area (Å²) in [7, 11) is 4.57. The maximum Gasteiger partial charge on any atom is 0.344 e. The van der Waals surface area contributed by atoms with Gasteiger partial charge in [0.05, 0.1) is 45.1 Å². The number of nitrogens with zero attached hydrogens (tertiary/aromatic N) is 1. The van der Waals surface area contributed by atoms with Gasteiger partial charge in [-0.15, -0.1) is 0 Å². The molecule has 9 heteroatoms. The van der Waals surface area contributed by atoms with Gasteiger partial charge < -0.3 is 28.8 Å². The van der Waals surface area contributed by atoms with Crippen LogP contribution in [0.2, 0.25) is 0 Å². The molecule has 2 aromatic rings. The van der Waals surface area contributed by atoms with Crippen molar-refractivity contribution in [2.75, 3.05) is 34.5 Å². The van der Waals surface area contributed by atoms with Crippen molar-refractivity contribution in [3.8, 4) is 23.0 Å². The standard InChI is InChI=1S/C25H27NO7S/c1-6-32-17-10-8-16(9-11-17)26-24-21(25(28)33-7-2)22(27)20(34-24)14-15-12-18(29-3)23(31-5)19(13-15)30-4/h8-14,27H,6-7H2,1-5H3/b20-14-,26-24?. The van der Waals surface area contributed by atoms with E-state index in [1.807, 2.05) is 6.92 Å². The lowest BCUT2D eigenvalue weighted by Crippen LogP contribution is -2.12. The summed E-state index contributed by atoms with van der Waals surface area (Å²) in [5.41, 5.74) is 1.29. The Morgan fingerprint density at radius 1 is 1.00 bits per heavy atom. The van der Waals surface area contributed by atoms with Crippen LogP contribution in [0.1, 0.15) is 19.4 Å². The van der Waals surface area contributed by atoms with Gasteiger partial charge in [-0.25, -0.2) is 9.79 Å². The van der Waals surface area contributed by atoms with Crippen LogP contribution in [0.5, 0.6) is 23.0 Å². The molecule has 8 nitrogen and oxygen atoms in total. The van der Waals surface area contributed by atoms with Crippen LogP contribution in [0.25, 0.3) is 6.08 Å². The summed E-state index contributed by atoms with van der Waals surface area (Å²) < 4.78 is 26.8. The molecule has 0 bridgehead atoms. The van der Waals surface area contributed by atoms with Gasteiger partial charge in [-0.05, 0) is 61.9 Å². The molecule has 3 rings (SSSR count). The van der Waals surface area contributed by atoms with E-state index >= 15 is 0 Å². The molecule has 1 aliphatic rings. The van der Waals surface area contributed by atoms with Crippen LogP contribution in [0, 0.1) is 0 Å². The second-order valence-electron chi connectivity index (χ2n) is 6.86. The number of carbonyl (C=O) groups is 1. The monoisotopic (exact) mass is 485 g/mol. The lowest BCUT2D eigenvalue weighted by Gasteiger charge is -2.13. The van der Waals surface area contributed by atoms with E-state index < -0.39 is 5.97 Å². The summed E-state index contributed by atoms with van der Waals surface area (Å²) in [5, 5.41) is 11.3. The number of hydrogen-bond acceptors (Lipinski definition) is 9. The fourth-order valence-electron chi connectivity index (χ4n) is 3.23. The van der Waals surface area contributed by atoms with Crippen LogP contribution in [0.15, 0.2) is 57.6 Å². The van der Waals surface area contributed by atoms with Crippen molar-refractivity contribution in [3.05, 3.63) is 58.2 Å². The minimum absolute atomic E-state index is 0.0134. The van der Waals surface area contributed by atoms with Crippen molar-refractivity contribution in [2.45, 2.75) is 13.8 Å². The molecule has 0 spiro atoms. The number of rotatable bonds is 9. The summed E-state index contributed by atoms with van der Waals surface area (Å²) in [5.74, 6) is 1.25. The van der Waals surface area contributed by atoms with E-state index in [0.717, 1.165) is 17.5 Å². The zero-order valence-corrected chi connectivity index (χ0v) is 20.5. The van der Waals surface area contributed by atoms with Gasteiger partial charge in [-0.1, -0.05) is 11.8 Å². The normalized spacial score (nSPS) is 15.6. The van der Waals surface area contributed by atoms with E-state index in [1.54, 1.807) is 49.4 Å². The zero-order chi connectivity index (χ0) is 24.7. The molecule has 0 aliphatic carbocycles. The highest BCUT2D eigenvalue weighted by Crippen LogP contribution is 2.43. The second kappa shape index (κ2) is 11.5. The van der Waals surface area contributed by atoms with Crippen molar-refractivity contribution >= 4 is 34.5 Å². The lowest BCUT2D eigenvalue weighted by molar-refractivity contribution is -0.138. The van der Waals surface area contributed by atoms with Crippen molar-refractivity contribution in [2.24, 2.45) is 4.99 Å². The maximum atomic E-state index is 12.6. The van der Waals surface area contributed by atoms with Crippen LogP contribution in [-0.2, 0) is 9.53 Å². The molecule has 0 saturated heterocycles. The number of aliphatic hydroxyl groups excluding tert-OH is 1. The number of hydrogen-bond donors (Lipinski definition) is 1. The summed E-state index contributed by atoms with van der Waals surface area (Å²) >= 11 is 1.16. The number of methoxy groups -OCH3 is 3. The van der Waals surface area contributed by atoms with Gasteiger partial charge in [-0.3, -0.25) is 0 Å². The highest BCUT2D eigenvalue weighted by Gasteiger charge is 2.33. The van der Waals surface area contributed by atoms with E-state index in [4.69, 9.17) is 23.7 Å². The summed E-state index contributed by atoms with van der Waals surface area (Å²) in [6.45, 7) is 4.34. The first-order valence-corrected chi connectivity index (χ1v) is 11.4. The van der Waals surface area contributed by atoms with Gasteiger partial charge in [0.1, 0.15) is 22.1 Å². The number of benzene rings is 2. The third-order valence-corrected chi connectivity index (χ3v) is 5.75. The Morgan fingerprint density at radius 3 is 2.18 bits per heavy atom. The van der Waals surface area contributed by atoms with Crippen LogP contribution in [0.3, 0.4) is 0 Å². The third kappa shape index (κ3) is 5.48. The highest BCUT2D eigenvalue weighted by atomic mass is 32.2. The number of esters is 1. The molecule has 0 unspecified atom stereocenters. The number of aliphatic imine (C=N–C) groups is 1. The van der Waals surface area contributed by atoms with Gasteiger partial charge in [0.2, 0.25) is 5.75 Å². The second-order valence-corrected chi connectivity index (χ2v) is 7.89. The first-order valence-electron chi connectivity index (χ1n) is 10.6. The Hall–Kier alpha value is -3.59. The van der Waals surface area contributed by atoms with Gasteiger partial charge in [0, 0.05) is 0 Å². The molecule has 2 aromatic carbocycles. The predicted molar refractivity (Wildman–Crippen MR) is 133 cm³/mol. The number of ether oxygens (including phenoxy) is 5. The summed E-state index contributed by atoms with van der Waals surface area (Å²) in [4.78, 5) is 17.6. The van der Waals surface area contributed by atoms with E-state index in [2.05, 4.69) is 4.99 Å². The molecule has 0 saturated carbocycles. The van der Waals surface area contributed by atoms with Gasteiger partial charge in [0.15, 0.2) is 11.5 Å². The predicted octanol–water partition coefficient (Wildman–Crippen LogP) is 5.30. The van der Waals surface area contributed by atoms with Crippen LogP contribution in [0.4, 0.5) is 5.69 Å². The molecule has 0 aromatic heterocycles. The minimum atomic E-state index is -0.648. The summed E-state index contributed by atoms with van der Waals surface area (Å²) in [6.07, 6.45) is 1.71. The van der Waals surface area contributed by atoms with Crippen LogP contribution in [-0.4, -0.2) is 50.7 Å². The molecule has 0 radical (unpaired) electrons. The molecule has 1 N–H and O–H groups in total. The van der Waals surface area contributed by atoms with E-state index in [9.17, 15) is 9.90 Å². The number of thioether (sulfide) groups is 1. The molecule has 0 atom stereocenters. The number of carbonyl (C=O) groups excluding carboxylic acids is 1. The maximum absolute atomic E-state index is 12.6.